The van der Waals surface area contributed by atoms with E-state index in [2.05, 4.69) is 15.2 Å². The predicted octanol–water partition coefficient (Wildman–Crippen LogP) is 3.75. The van der Waals surface area contributed by atoms with Crippen molar-refractivity contribution in [2.75, 3.05) is 5.88 Å². The lowest BCUT2D eigenvalue weighted by atomic mass is 10.1. The zero-order valence-electron chi connectivity index (χ0n) is 13.0. The number of nitrogens with zero attached hydrogens (tertiary/aromatic N) is 5. The molecular weight excluding hydrogens is 356 g/mol. The maximum atomic E-state index is 5.71. The lowest BCUT2D eigenvalue weighted by molar-refractivity contribution is 0.944. The molecule has 0 aliphatic heterocycles. The smallest absolute Gasteiger partial charge is 0.195 e. The standard InChI is InChI=1S/C17H13ClN6S/c18-10-15(19)20-12-4-1-3-11(9-12)13-6-7-16-21-22-17(24(16)23-13)14-5-2-8-25-14/h1-9H,10H2,(H2,19,20). The predicted molar refractivity (Wildman–Crippen MR) is 102 cm³/mol. The Labute approximate surface area is 152 Å². The van der Waals surface area contributed by atoms with Gasteiger partial charge in [0, 0.05) is 5.56 Å². The van der Waals surface area contributed by atoms with Gasteiger partial charge in [0.2, 0.25) is 0 Å². The Kier molecular flexibility index (Phi) is 4.17. The summed E-state index contributed by atoms with van der Waals surface area (Å²) in [6.45, 7) is 0. The number of alkyl halides is 1. The van der Waals surface area contributed by atoms with E-state index < -0.39 is 0 Å². The van der Waals surface area contributed by atoms with Crippen LogP contribution in [0.15, 0.2) is 58.9 Å². The summed E-state index contributed by atoms with van der Waals surface area (Å²) < 4.78 is 1.75. The maximum Gasteiger partial charge on any atom is 0.195 e. The minimum absolute atomic E-state index is 0.194. The van der Waals surface area contributed by atoms with Crippen LogP contribution in [0.25, 0.3) is 27.6 Å². The first kappa shape index (κ1) is 15.7. The van der Waals surface area contributed by atoms with Gasteiger partial charge in [0.05, 0.1) is 22.1 Å². The molecule has 8 heteroatoms. The molecule has 0 atom stereocenters. The van der Waals surface area contributed by atoms with Gasteiger partial charge in [-0.05, 0) is 35.7 Å². The van der Waals surface area contributed by atoms with Crippen LogP contribution in [0.3, 0.4) is 0 Å². The molecule has 1 aromatic carbocycles. The summed E-state index contributed by atoms with van der Waals surface area (Å²) in [5, 5.41) is 15.1. The van der Waals surface area contributed by atoms with Crippen molar-refractivity contribution in [3.63, 3.8) is 0 Å². The van der Waals surface area contributed by atoms with Gasteiger partial charge in [-0.2, -0.15) is 9.61 Å². The van der Waals surface area contributed by atoms with Crippen molar-refractivity contribution < 1.29 is 0 Å². The van der Waals surface area contributed by atoms with Crippen molar-refractivity contribution in [1.29, 1.82) is 0 Å². The Morgan fingerprint density at radius 2 is 2.08 bits per heavy atom. The molecule has 0 fully saturated rings. The lowest BCUT2D eigenvalue weighted by Gasteiger charge is -2.04. The molecule has 4 rings (SSSR count). The fraction of sp³-hybridized carbons (Fsp3) is 0.0588. The molecule has 25 heavy (non-hydrogen) atoms. The third kappa shape index (κ3) is 3.11. The Hall–Kier alpha value is -2.77. The average Bonchev–Trinajstić information content (AvgIpc) is 3.30. The Morgan fingerprint density at radius 3 is 2.88 bits per heavy atom. The number of benzene rings is 1. The second kappa shape index (κ2) is 6.62. The molecule has 3 aromatic heterocycles. The van der Waals surface area contributed by atoms with E-state index in [1.54, 1.807) is 15.9 Å². The second-order valence-electron chi connectivity index (χ2n) is 5.28. The van der Waals surface area contributed by atoms with Crippen molar-refractivity contribution in [1.82, 2.24) is 19.8 Å². The zero-order valence-corrected chi connectivity index (χ0v) is 14.6. The van der Waals surface area contributed by atoms with Crippen LogP contribution in [0.2, 0.25) is 0 Å². The summed E-state index contributed by atoms with van der Waals surface area (Å²) in [6, 6.07) is 15.5. The highest BCUT2D eigenvalue weighted by atomic mass is 35.5. The summed E-state index contributed by atoms with van der Waals surface area (Å²) in [5.41, 5.74) is 8.87. The van der Waals surface area contributed by atoms with Crippen LogP contribution in [-0.2, 0) is 0 Å². The molecule has 0 aliphatic carbocycles. The van der Waals surface area contributed by atoms with Crippen LogP contribution < -0.4 is 5.73 Å². The summed E-state index contributed by atoms with van der Waals surface area (Å²) >= 11 is 7.29. The van der Waals surface area contributed by atoms with Gasteiger partial charge in [0.25, 0.3) is 0 Å². The molecule has 0 unspecified atom stereocenters. The number of hydrogen-bond acceptors (Lipinski definition) is 5. The van der Waals surface area contributed by atoms with Crippen LogP contribution in [0.1, 0.15) is 0 Å². The molecule has 0 saturated carbocycles. The quantitative estimate of drug-likeness (QED) is 0.338. The highest BCUT2D eigenvalue weighted by Crippen LogP contribution is 2.26. The Bertz CT molecular complexity index is 1050. The van der Waals surface area contributed by atoms with Gasteiger partial charge in [0.15, 0.2) is 11.5 Å². The first-order chi connectivity index (χ1) is 12.2. The van der Waals surface area contributed by atoms with Gasteiger partial charge in [-0.1, -0.05) is 18.2 Å². The van der Waals surface area contributed by atoms with E-state index in [0.717, 1.165) is 27.6 Å². The molecular formula is C17H13ClN6S. The van der Waals surface area contributed by atoms with Crippen molar-refractivity contribution >= 4 is 40.1 Å². The number of aliphatic imine (C=N–C) groups is 1. The molecule has 6 nitrogen and oxygen atoms in total. The first-order valence-electron chi connectivity index (χ1n) is 7.50. The van der Waals surface area contributed by atoms with Gasteiger partial charge >= 0.3 is 0 Å². The number of rotatable bonds is 4. The van der Waals surface area contributed by atoms with Gasteiger partial charge in [-0.3, -0.25) is 0 Å². The van der Waals surface area contributed by atoms with Gasteiger partial charge in [-0.15, -0.1) is 33.1 Å². The van der Waals surface area contributed by atoms with E-state index in [1.807, 2.05) is 53.9 Å². The number of fused-ring (bicyclic) bond motifs is 1. The number of halogens is 1. The summed E-state index contributed by atoms with van der Waals surface area (Å²) in [7, 11) is 0. The van der Waals surface area contributed by atoms with Crippen LogP contribution >= 0.6 is 22.9 Å². The fourth-order valence-electron chi connectivity index (χ4n) is 2.43. The zero-order chi connectivity index (χ0) is 17.2. The van der Waals surface area contributed by atoms with Gasteiger partial charge in [-0.25, -0.2) is 4.99 Å². The molecule has 0 saturated heterocycles. The topological polar surface area (TPSA) is 81.5 Å². The Morgan fingerprint density at radius 1 is 1.16 bits per heavy atom. The molecule has 0 bridgehead atoms. The molecule has 4 aromatic rings. The van der Waals surface area contributed by atoms with E-state index in [0.29, 0.717) is 11.5 Å². The number of nitrogens with two attached hydrogens (primary N) is 1. The van der Waals surface area contributed by atoms with E-state index in [1.165, 1.54) is 0 Å². The lowest BCUT2D eigenvalue weighted by Crippen LogP contribution is -2.12. The molecule has 0 aliphatic rings. The molecule has 0 amide bonds. The average molecular weight is 369 g/mol. The second-order valence-corrected chi connectivity index (χ2v) is 6.49. The van der Waals surface area contributed by atoms with Crippen molar-refractivity contribution in [3.8, 4) is 22.0 Å². The molecule has 3 heterocycles. The van der Waals surface area contributed by atoms with Crippen LogP contribution in [0, 0.1) is 0 Å². The third-order valence-electron chi connectivity index (χ3n) is 3.56. The maximum absolute atomic E-state index is 5.71. The van der Waals surface area contributed by atoms with Crippen molar-refractivity contribution in [3.05, 3.63) is 53.9 Å². The molecule has 124 valence electrons. The highest BCUT2D eigenvalue weighted by Gasteiger charge is 2.11. The van der Waals surface area contributed by atoms with E-state index in [4.69, 9.17) is 22.4 Å². The van der Waals surface area contributed by atoms with E-state index >= 15 is 0 Å². The summed E-state index contributed by atoms with van der Waals surface area (Å²) in [6.07, 6.45) is 0. The fourth-order valence-corrected chi connectivity index (χ4v) is 3.19. The highest BCUT2D eigenvalue weighted by molar-refractivity contribution is 7.13. The van der Waals surface area contributed by atoms with Crippen LogP contribution in [0.5, 0.6) is 0 Å². The minimum atomic E-state index is 0.194. The number of thiophene rings is 1. The van der Waals surface area contributed by atoms with E-state index in [9.17, 15) is 0 Å². The van der Waals surface area contributed by atoms with Crippen LogP contribution in [0.4, 0.5) is 5.69 Å². The molecule has 2 N–H and O–H groups in total. The van der Waals surface area contributed by atoms with Crippen molar-refractivity contribution in [2.24, 2.45) is 10.7 Å². The largest absolute Gasteiger partial charge is 0.386 e. The van der Waals surface area contributed by atoms with Crippen molar-refractivity contribution in [2.45, 2.75) is 0 Å². The van der Waals surface area contributed by atoms with Crippen LogP contribution in [-0.4, -0.2) is 31.5 Å². The monoisotopic (exact) mass is 368 g/mol. The number of hydrogen-bond donors (Lipinski definition) is 1. The molecule has 0 spiro atoms. The molecule has 0 radical (unpaired) electrons. The summed E-state index contributed by atoms with van der Waals surface area (Å²) in [5.74, 6) is 1.30. The normalized spacial score (nSPS) is 12.0. The first-order valence-corrected chi connectivity index (χ1v) is 8.92. The summed E-state index contributed by atoms with van der Waals surface area (Å²) in [4.78, 5) is 5.30. The van der Waals surface area contributed by atoms with Gasteiger partial charge < -0.3 is 5.73 Å². The Balaban J connectivity index is 1.80. The van der Waals surface area contributed by atoms with E-state index in [-0.39, 0.29) is 5.88 Å². The number of amidine groups is 1. The van der Waals surface area contributed by atoms with Gasteiger partial charge in [0.1, 0.15) is 5.84 Å². The third-order valence-corrected chi connectivity index (χ3v) is 4.70. The number of aromatic nitrogens is 4. The minimum Gasteiger partial charge on any atom is -0.386 e. The SMILES string of the molecule is NC(CCl)=Nc1cccc(-c2ccc3nnc(-c4cccs4)n3n2)c1.